The van der Waals surface area contributed by atoms with E-state index in [-0.39, 0.29) is 5.91 Å². The third-order valence-corrected chi connectivity index (χ3v) is 3.30. The SMILES string of the molecule is Cc1cccc(-c2cccc(C(=O)NCCC(C)F)c2)c1. The van der Waals surface area contributed by atoms with Crippen LogP contribution in [0.1, 0.15) is 29.3 Å². The van der Waals surface area contributed by atoms with Crippen LogP contribution in [0.5, 0.6) is 0 Å². The van der Waals surface area contributed by atoms with Crippen molar-refractivity contribution in [2.24, 2.45) is 0 Å². The largest absolute Gasteiger partial charge is 0.352 e. The lowest BCUT2D eigenvalue weighted by atomic mass is 10.0. The molecule has 0 saturated heterocycles. The summed E-state index contributed by atoms with van der Waals surface area (Å²) in [6, 6.07) is 15.6. The lowest BCUT2D eigenvalue weighted by Gasteiger charge is -2.08. The molecule has 2 nitrogen and oxygen atoms in total. The third kappa shape index (κ3) is 4.42. The third-order valence-electron chi connectivity index (χ3n) is 3.30. The molecule has 2 aromatic rings. The smallest absolute Gasteiger partial charge is 0.251 e. The quantitative estimate of drug-likeness (QED) is 0.879. The van der Waals surface area contributed by atoms with E-state index in [9.17, 15) is 9.18 Å². The fourth-order valence-corrected chi connectivity index (χ4v) is 2.15. The van der Waals surface area contributed by atoms with Gasteiger partial charge in [0.05, 0.1) is 6.17 Å². The monoisotopic (exact) mass is 285 g/mol. The molecular weight excluding hydrogens is 265 g/mol. The van der Waals surface area contributed by atoms with Gasteiger partial charge in [-0.1, -0.05) is 42.0 Å². The van der Waals surface area contributed by atoms with Gasteiger partial charge in [0.25, 0.3) is 5.91 Å². The molecule has 2 rings (SSSR count). The number of carbonyl (C=O) groups excluding carboxylic acids is 1. The standard InChI is InChI=1S/C18H20FNO/c1-13-5-3-6-15(11-13)16-7-4-8-17(12-16)18(21)20-10-9-14(2)19/h3-8,11-12,14H,9-10H2,1-2H3,(H,20,21). The minimum absolute atomic E-state index is 0.162. The van der Waals surface area contributed by atoms with E-state index in [4.69, 9.17) is 0 Å². The van der Waals surface area contributed by atoms with Crippen LogP contribution < -0.4 is 5.32 Å². The Hall–Kier alpha value is -2.16. The topological polar surface area (TPSA) is 29.1 Å². The Kier molecular flexibility index (Phi) is 5.09. The van der Waals surface area contributed by atoms with Crippen molar-refractivity contribution in [3.05, 3.63) is 59.7 Å². The molecule has 1 N–H and O–H groups in total. The highest BCUT2D eigenvalue weighted by Crippen LogP contribution is 2.21. The number of rotatable bonds is 5. The number of benzene rings is 2. The van der Waals surface area contributed by atoms with Gasteiger partial charge < -0.3 is 5.32 Å². The second kappa shape index (κ2) is 7.02. The van der Waals surface area contributed by atoms with Gasteiger partial charge in [-0.05, 0) is 43.5 Å². The van der Waals surface area contributed by atoms with Gasteiger partial charge in [0.2, 0.25) is 0 Å². The molecule has 0 heterocycles. The lowest BCUT2D eigenvalue weighted by Crippen LogP contribution is -2.25. The number of amides is 1. The van der Waals surface area contributed by atoms with Crippen molar-refractivity contribution in [2.75, 3.05) is 6.54 Å². The lowest BCUT2D eigenvalue weighted by molar-refractivity contribution is 0.0951. The first-order valence-electron chi connectivity index (χ1n) is 7.15. The number of halogens is 1. The van der Waals surface area contributed by atoms with E-state index >= 15 is 0 Å². The molecule has 3 heteroatoms. The number of aryl methyl sites for hydroxylation is 1. The van der Waals surface area contributed by atoms with Crippen LogP contribution in [0.4, 0.5) is 4.39 Å². The van der Waals surface area contributed by atoms with Crippen LogP contribution in [0.15, 0.2) is 48.5 Å². The average Bonchev–Trinajstić information content (AvgIpc) is 2.47. The van der Waals surface area contributed by atoms with E-state index in [0.717, 1.165) is 11.1 Å². The molecule has 0 aliphatic rings. The van der Waals surface area contributed by atoms with E-state index in [2.05, 4.69) is 11.4 Å². The van der Waals surface area contributed by atoms with Crippen LogP contribution >= 0.6 is 0 Å². The highest BCUT2D eigenvalue weighted by Gasteiger charge is 2.07. The predicted octanol–water partition coefficient (Wildman–Crippen LogP) is 4.14. The first kappa shape index (κ1) is 15.2. The Balaban J connectivity index is 2.12. The maximum absolute atomic E-state index is 12.7. The van der Waals surface area contributed by atoms with E-state index in [0.29, 0.717) is 18.5 Å². The molecule has 0 spiro atoms. The molecular formula is C18H20FNO. The van der Waals surface area contributed by atoms with E-state index in [1.54, 1.807) is 6.07 Å². The van der Waals surface area contributed by atoms with Gasteiger partial charge in [0, 0.05) is 12.1 Å². The van der Waals surface area contributed by atoms with Gasteiger partial charge in [-0.3, -0.25) is 4.79 Å². The van der Waals surface area contributed by atoms with Crippen LogP contribution in [-0.2, 0) is 0 Å². The maximum atomic E-state index is 12.7. The van der Waals surface area contributed by atoms with Crippen molar-refractivity contribution in [1.29, 1.82) is 0 Å². The van der Waals surface area contributed by atoms with Crippen LogP contribution in [0, 0.1) is 6.92 Å². The second-order valence-electron chi connectivity index (χ2n) is 5.28. The Morgan fingerprint density at radius 1 is 1.14 bits per heavy atom. The fraction of sp³-hybridized carbons (Fsp3) is 0.278. The van der Waals surface area contributed by atoms with Gasteiger partial charge >= 0.3 is 0 Å². The summed E-state index contributed by atoms with van der Waals surface area (Å²) in [5.74, 6) is -0.162. The zero-order valence-electron chi connectivity index (χ0n) is 12.4. The first-order chi connectivity index (χ1) is 10.1. The Bertz CT molecular complexity index is 622. The fourth-order valence-electron chi connectivity index (χ4n) is 2.15. The molecule has 1 atom stereocenters. The number of nitrogens with one attached hydrogen (secondary N) is 1. The molecule has 0 fully saturated rings. The van der Waals surface area contributed by atoms with E-state index in [1.165, 1.54) is 12.5 Å². The number of hydrogen-bond donors (Lipinski definition) is 1. The molecule has 1 amide bonds. The number of hydrogen-bond acceptors (Lipinski definition) is 1. The average molecular weight is 285 g/mol. The second-order valence-corrected chi connectivity index (χ2v) is 5.28. The summed E-state index contributed by atoms with van der Waals surface area (Å²) in [5, 5.41) is 2.74. The molecule has 0 bridgehead atoms. The van der Waals surface area contributed by atoms with Crippen molar-refractivity contribution >= 4 is 5.91 Å². The summed E-state index contributed by atoms with van der Waals surface area (Å²) in [7, 11) is 0. The number of carbonyl (C=O) groups is 1. The van der Waals surface area contributed by atoms with Crippen molar-refractivity contribution in [3.63, 3.8) is 0 Å². The molecule has 21 heavy (non-hydrogen) atoms. The van der Waals surface area contributed by atoms with Crippen molar-refractivity contribution in [2.45, 2.75) is 26.4 Å². The molecule has 0 aliphatic carbocycles. The molecule has 0 aliphatic heterocycles. The summed E-state index contributed by atoms with van der Waals surface area (Å²) in [6.07, 6.45) is -0.563. The van der Waals surface area contributed by atoms with Crippen LogP contribution in [-0.4, -0.2) is 18.6 Å². The summed E-state index contributed by atoms with van der Waals surface area (Å²) in [6.45, 7) is 3.88. The normalized spacial score (nSPS) is 12.0. The number of alkyl halides is 1. The Morgan fingerprint density at radius 3 is 2.48 bits per heavy atom. The van der Waals surface area contributed by atoms with E-state index in [1.807, 2.05) is 43.3 Å². The van der Waals surface area contributed by atoms with E-state index < -0.39 is 6.17 Å². The first-order valence-corrected chi connectivity index (χ1v) is 7.15. The van der Waals surface area contributed by atoms with Crippen LogP contribution in [0.2, 0.25) is 0 Å². The molecule has 0 radical (unpaired) electrons. The summed E-state index contributed by atoms with van der Waals surface area (Å²) in [5.41, 5.74) is 3.87. The summed E-state index contributed by atoms with van der Waals surface area (Å²) in [4.78, 5) is 12.0. The van der Waals surface area contributed by atoms with Crippen molar-refractivity contribution < 1.29 is 9.18 Å². The zero-order chi connectivity index (χ0) is 15.2. The molecule has 2 aromatic carbocycles. The van der Waals surface area contributed by atoms with Gasteiger partial charge in [0.15, 0.2) is 0 Å². The zero-order valence-corrected chi connectivity index (χ0v) is 12.4. The van der Waals surface area contributed by atoms with Crippen molar-refractivity contribution in [3.8, 4) is 11.1 Å². The minimum atomic E-state index is -0.899. The van der Waals surface area contributed by atoms with Gasteiger partial charge in [-0.15, -0.1) is 0 Å². The van der Waals surface area contributed by atoms with Gasteiger partial charge in [-0.2, -0.15) is 0 Å². The summed E-state index contributed by atoms with van der Waals surface area (Å²) < 4.78 is 12.7. The predicted molar refractivity (Wildman–Crippen MR) is 84.1 cm³/mol. The molecule has 0 aromatic heterocycles. The van der Waals surface area contributed by atoms with Gasteiger partial charge in [-0.25, -0.2) is 4.39 Å². The molecule has 110 valence electrons. The Labute approximate surface area is 125 Å². The molecule has 1 unspecified atom stereocenters. The molecule has 0 saturated carbocycles. The summed E-state index contributed by atoms with van der Waals surface area (Å²) >= 11 is 0. The highest BCUT2D eigenvalue weighted by molar-refractivity contribution is 5.95. The van der Waals surface area contributed by atoms with Crippen molar-refractivity contribution in [1.82, 2.24) is 5.32 Å². The Morgan fingerprint density at radius 2 is 1.81 bits per heavy atom. The van der Waals surface area contributed by atoms with Gasteiger partial charge in [0.1, 0.15) is 0 Å². The van der Waals surface area contributed by atoms with Crippen LogP contribution in [0.25, 0.3) is 11.1 Å². The van der Waals surface area contributed by atoms with Crippen LogP contribution in [0.3, 0.4) is 0 Å². The minimum Gasteiger partial charge on any atom is -0.352 e. The highest BCUT2D eigenvalue weighted by atomic mass is 19.1. The maximum Gasteiger partial charge on any atom is 0.251 e.